The molecule has 2 aliphatic heterocycles. The first-order valence-electron chi connectivity index (χ1n) is 13.0. The second kappa shape index (κ2) is 9.73. The summed E-state index contributed by atoms with van der Waals surface area (Å²) in [5.74, 6) is 1.65. The number of nitrogens with one attached hydrogen (secondary N) is 2. The number of rotatable bonds is 5. The zero-order valence-corrected chi connectivity index (χ0v) is 22.6. The Morgan fingerprint density at radius 2 is 2.08 bits per heavy atom. The molecular formula is C26H31N11O2. The highest BCUT2D eigenvalue weighted by molar-refractivity contribution is 6.07. The van der Waals surface area contributed by atoms with E-state index in [0.717, 1.165) is 35.5 Å². The van der Waals surface area contributed by atoms with Crippen molar-refractivity contribution in [3.05, 3.63) is 41.9 Å². The van der Waals surface area contributed by atoms with Crippen LogP contribution >= 0.6 is 0 Å². The van der Waals surface area contributed by atoms with Gasteiger partial charge in [0, 0.05) is 43.0 Å². The fraction of sp³-hybridized carbons (Fsp3) is 0.423. The molecule has 2 atom stereocenters. The Morgan fingerprint density at radius 1 is 1.23 bits per heavy atom. The smallest absolute Gasteiger partial charge is 0.255 e. The Balaban J connectivity index is 1.28. The summed E-state index contributed by atoms with van der Waals surface area (Å²) in [4.78, 5) is 26.5. The highest BCUT2D eigenvalue weighted by Gasteiger charge is 2.32. The van der Waals surface area contributed by atoms with Gasteiger partial charge >= 0.3 is 0 Å². The second-order valence-electron chi connectivity index (χ2n) is 10.3. The topological polar surface area (TPSA) is 143 Å². The SMILES string of the molecule is CC1=C(C(=O)Nc2ccc3[nH]nc(-c4cc(N5CCO[C@H](C(C)C)C5)ncn4)c3c2)[C@@H](C)n2nnnc2N1C. The van der Waals surface area contributed by atoms with Crippen LogP contribution in [0.1, 0.15) is 33.7 Å². The van der Waals surface area contributed by atoms with Crippen LogP contribution in [0.3, 0.4) is 0 Å². The molecule has 0 unspecified atom stereocenters. The second-order valence-corrected chi connectivity index (χ2v) is 10.3. The fourth-order valence-electron chi connectivity index (χ4n) is 5.19. The van der Waals surface area contributed by atoms with E-state index in [1.165, 1.54) is 0 Å². The molecule has 13 heteroatoms. The van der Waals surface area contributed by atoms with Gasteiger partial charge in [0.15, 0.2) is 0 Å². The summed E-state index contributed by atoms with van der Waals surface area (Å²) in [7, 11) is 1.84. The lowest BCUT2D eigenvalue weighted by molar-refractivity contribution is -0.113. The monoisotopic (exact) mass is 529 g/mol. The first-order valence-corrected chi connectivity index (χ1v) is 13.0. The van der Waals surface area contributed by atoms with E-state index in [9.17, 15) is 4.79 Å². The van der Waals surface area contributed by atoms with Crippen LogP contribution in [0, 0.1) is 5.92 Å². The Bertz CT molecular complexity index is 1570. The van der Waals surface area contributed by atoms with E-state index in [2.05, 4.69) is 59.8 Å². The summed E-state index contributed by atoms with van der Waals surface area (Å²) in [5, 5.41) is 23.4. The van der Waals surface area contributed by atoms with Crippen molar-refractivity contribution in [3.63, 3.8) is 0 Å². The molecule has 202 valence electrons. The van der Waals surface area contributed by atoms with Gasteiger partial charge in [-0.05, 0) is 48.4 Å². The van der Waals surface area contributed by atoms with Crippen molar-refractivity contribution in [1.82, 2.24) is 40.4 Å². The molecule has 0 radical (unpaired) electrons. The number of fused-ring (bicyclic) bond motifs is 2. The third-order valence-electron chi connectivity index (χ3n) is 7.57. The minimum atomic E-state index is -0.311. The van der Waals surface area contributed by atoms with Gasteiger partial charge in [0.1, 0.15) is 17.8 Å². The molecule has 5 heterocycles. The van der Waals surface area contributed by atoms with Crippen molar-refractivity contribution in [2.24, 2.45) is 5.92 Å². The zero-order chi connectivity index (χ0) is 27.3. The van der Waals surface area contributed by atoms with E-state index < -0.39 is 0 Å². The molecule has 1 aromatic carbocycles. The number of ether oxygens (including phenoxy) is 1. The van der Waals surface area contributed by atoms with Crippen molar-refractivity contribution in [2.75, 3.05) is 41.9 Å². The third kappa shape index (κ3) is 4.38. The molecule has 0 spiro atoms. The normalized spacial score (nSPS) is 19.6. The van der Waals surface area contributed by atoms with Crippen LogP contribution in [0.2, 0.25) is 0 Å². The van der Waals surface area contributed by atoms with Crippen molar-refractivity contribution in [1.29, 1.82) is 0 Å². The maximum Gasteiger partial charge on any atom is 0.255 e. The Labute approximate surface area is 225 Å². The van der Waals surface area contributed by atoms with Crippen molar-refractivity contribution in [3.8, 4) is 11.4 Å². The summed E-state index contributed by atoms with van der Waals surface area (Å²) in [6, 6.07) is 7.31. The molecule has 4 aromatic rings. The molecule has 0 bridgehead atoms. The first kappa shape index (κ1) is 24.9. The van der Waals surface area contributed by atoms with Gasteiger partial charge in [-0.3, -0.25) is 9.89 Å². The predicted molar refractivity (Wildman–Crippen MR) is 146 cm³/mol. The number of tetrazole rings is 1. The van der Waals surface area contributed by atoms with Crippen molar-refractivity contribution >= 4 is 34.3 Å². The van der Waals surface area contributed by atoms with Crippen molar-refractivity contribution in [2.45, 2.75) is 39.8 Å². The van der Waals surface area contributed by atoms with Gasteiger partial charge in [0.25, 0.3) is 5.91 Å². The Morgan fingerprint density at radius 3 is 2.90 bits per heavy atom. The molecule has 39 heavy (non-hydrogen) atoms. The Hall–Kier alpha value is -4.39. The average Bonchev–Trinajstić information content (AvgIpc) is 3.60. The van der Waals surface area contributed by atoms with Crippen LogP contribution in [0.15, 0.2) is 41.9 Å². The molecule has 3 aromatic heterocycles. The first-order chi connectivity index (χ1) is 18.8. The van der Waals surface area contributed by atoms with Crippen LogP contribution in [-0.2, 0) is 9.53 Å². The number of morpholine rings is 1. The van der Waals surface area contributed by atoms with Gasteiger partial charge in [-0.2, -0.15) is 5.10 Å². The summed E-state index contributed by atoms with van der Waals surface area (Å²) < 4.78 is 7.56. The number of nitrogens with zero attached hydrogens (tertiary/aromatic N) is 9. The molecule has 6 rings (SSSR count). The molecule has 1 fully saturated rings. The van der Waals surface area contributed by atoms with Crippen LogP contribution in [-0.4, -0.2) is 79.1 Å². The minimum Gasteiger partial charge on any atom is -0.374 e. The quantitative estimate of drug-likeness (QED) is 0.396. The summed E-state index contributed by atoms with van der Waals surface area (Å²) >= 11 is 0. The van der Waals surface area contributed by atoms with Crippen LogP contribution in [0.4, 0.5) is 17.5 Å². The lowest BCUT2D eigenvalue weighted by Crippen LogP contribution is -2.45. The van der Waals surface area contributed by atoms with Crippen LogP contribution < -0.4 is 15.1 Å². The lowest BCUT2D eigenvalue weighted by Gasteiger charge is -2.35. The number of carbonyl (C=O) groups is 1. The molecule has 2 aliphatic rings. The number of amides is 1. The van der Waals surface area contributed by atoms with Crippen LogP contribution in [0.5, 0.6) is 0 Å². The lowest BCUT2D eigenvalue weighted by atomic mass is 10.0. The Kier molecular flexibility index (Phi) is 6.22. The molecular weight excluding hydrogens is 498 g/mol. The van der Waals surface area contributed by atoms with Crippen LogP contribution in [0.25, 0.3) is 22.3 Å². The number of aromatic nitrogens is 8. The van der Waals surface area contributed by atoms with E-state index in [1.807, 2.05) is 50.1 Å². The summed E-state index contributed by atoms with van der Waals surface area (Å²) in [6.07, 6.45) is 1.73. The molecule has 0 saturated carbocycles. The van der Waals surface area contributed by atoms with E-state index in [-0.39, 0.29) is 18.1 Å². The van der Waals surface area contributed by atoms with Gasteiger partial charge < -0.3 is 19.9 Å². The third-order valence-corrected chi connectivity index (χ3v) is 7.57. The zero-order valence-electron chi connectivity index (χ0n) is 22.6. The maximum atomic E-state index is 13.5. The van der Waals surface area contributed by atoms with Gasteiger partial charge in [-0.25, -0.2) is 14.6 Å². The molecule has 13 nitrogen and oxygen atoms in total. The van der Waals surface area contributed by atoms with E-state index in [1.54, 1.807) is 11.0 Å². The van der Waals surface area contributed by atoms with Gasteiger partial charge in [0.05, 0.1) is 35.5 Å². The molecule has 2 N–H and O–H groups in total. The maximum absolute atomic E-state index is 13.5. The van der Waals surface area contributed by atoms with E-state index in [4.69, 9.17) is 4.74 Å². The molecule has 0 aliphatic carbocycles. The minimum absolute atomic E-state index is 0.160. The highest BCUT2D eigenvalue weighted by atomic mass is 16.5. The fourth-order valence-corrected chi connectivity index (χ4v) is 5.19. The van der Waals surface area contributed by atoms with Gasteiger partial charge in [-0.1, -0.05) is 18.9 Å². The number of aromatic amines is 1. The number of carbonyl (C=O) groups excluding carboxylic acids is 1. The predicted octanol–water partition coefficient (Wildman–Crippen LogP) is 2.79. The number of H-pyrrole nitrogens is 1. The standard InChI is InChI=1S/C26H31N11O2/c1-14(2)21-12-36(8-9-39-21)22-11-20(27-13-28-22)24-18-10-17(6-7-19(18)30-31-24)29-25(38)23-15(3)35(5)26-32-33-34-37(26)16(23)4/h6-7,10-11,13-14,16,21H,8-9,12H2,1-5H3,(H,29,38)(H,30,31)/t16-,21+/m1/s1. The van der Waals surface area contributed by atoms with E-state index >= 15 is 0 Å². The van der Waals surface area contributed by atoms with Gasteiger partial charge in [0.2, 0.25) is 5.95 Å². The number of anilines is 3. The number of allylic oxidation sites excluding steroid dienone is 1. The molecule has 1 saturated heterocycles. The van der Waals surface area contributed by atoms with Crippen molar-refractivity contribution < 1.29 is 9.53 Å². The van der Waals surface area contributed by atoms with E-state index in [0.29, 0.717) is 41.1 Å². The summed E-state index contributed by atoms with van der Waals surface area (Å²) in [6.45, 7) is 10.3. The average molecular weight is 530 g/mol. The van der Waals surface area contributed by atoms with Gasteiger partial charge in [-0.15, -0.1) is 0 Å². The molecule has 1 amide bonds. The summed E-state index contributed by atoms with van der Waals surface area (Å²) in [5.41, 5.74) is 4.27. The number of hydrogen-bond donors (Lipinski definition) is 2. The largest absolute Gasteiger partial charge is 0.374 e. The number of benzene rings is 1. The highest BCUT2D eigenvalue weighted by Crippen LogP contribution is 2.33. The number of hydrogen-bond acceptors (Lipinski definition) is 10.